The van der Waals surface area contributed by atoms with Gasteiger partial charge in [-0.15, -0.1) is 0 Å². The van der Waals surface area contributed by atoms with E-state index < -0.39 is 11.6 Å². The molecular formula is C32H24N4O3. The number of aromatic hydroxyl groups is 1. The molecule has 0 radical (unpaired) electrons. The zero-order valence-electron chi connectivity index (χ0n) is 21.3. The normalized spacial score (nSPS) is 12.1. The molecule has 3 N–H and O–H groups in total. The van der Waals surface area contributed by atoms with Crippen LogP contribution >= 0.6 is 0 Å². The van der Waals surface area contributed by atoms with E-state index in [1.54, 1.807) is 36.5 Å². The van der Waals surface area contributed by atoms with Crippen molar-refractivity contribution < 1.29 is 14.7 Å². The van der Waals surface area contributed by atoms with Crippen molar-refractivity contribution in [2.45, 2.75) is 13.8 Å². The number of pyridine rings is 2. The van der Waals surface area contributed by atoms with E-state index >= 15 is 0 Å². The number of anilines is 4. The zero-order valence-corrected chi connectivity index (χ0v) is 21.3. The largest absolute Gasteiger partial charge is 0.507 e. The lowest BCUT2D eigenvalue weighted by molar-refractivity contribution is 0.0977. The van der Waals surface area contributed by atoms with Gasteiger partial charge in [-0.2, -0.15) is 0 Å². The lowest BCUT2D eigenvalue weighted by Gasteiger charge is -2.25. The molecule has 1 aliphatic rings. The quantitative estimate of drug-likeness (QED) is 0.235. The molecule has 2 heterocycles. The topological polar surface area (TPSA) is 104 Å². The van der Waals surface area contributed by atoms with Gasteiger partial charge in [-0.25, -0.2) is 4.98 Å². The molecule has 6 rings (SSSR count). The number of aryl methyl sites for hydroxylation is 2. The number of nitrogens with zero attached hydrogens (tertiary/aromatic N) is 2. The van der Waals surface area contributed by atoms with Gasteiger partial charge in [0.05, 0.1) is 28.1 Å². The van der Waals surface area contributed by atoms with Gasteiger partial charge in [-0.05, 0) is 56.3 Å². The first-order valence-corrected chi connectivity index (χ1v) is 12.5. The summed E-state index contributed by atoms with van der Waals surface area (Å²) in [5.74, 6) is -0.765. The van der Waals surface area contributed by atoms with E-state index in [0.717, 1.165) is 22.5 Å². The van der Waals surface area contributed by atoms with Crippen LogP contribution in [0.25, 0.3) is 11.4 Å². The van der Waals surface area contributed by atoms with Crippen LogP contribution in [0.2, 0.25) is 0 Å². The third kappa shape index (κ3) is 4.30. The molecule has 0 amide bonds. The smallest absolute Gasteiger partial charge is 0.200 e. The highest BCUT2D eigenvalue weighted by Crippen LogP contribution is 2.43. The fraction of sp³-hybridized carbons (Fsp3) is 0.0625. The van der Waals surface area contributed by atoms with Gasteiger partial charge in [0, 0.05) is 23.1 Å². The van der Waals surface area contributed by atoms with Crippen molar-refractivity contribution in [1.29, 1.82) is 0 Å². The highest BCUT2D eigenvalue weighted by atomic mass is 16.3. The average Bonchev–Trinajstić information content (AvgIpc) is 2.95. The Morgan fingerprint density at radius 2 is 1.33 bits per heavy atom. The molecule has 0 atom stereocenters. The summed E-state index contributed by atoms with van der Waals surface area (Å²) in [6, 6.07) is 25.3. The minimum absolute atomic E-state index is 0.0329. The maximum Gasteiger partial charge on any atom is 0.200 e. The fourth-order valence-corrected chi connectivity index (χ4v) is 4.72. The molecule has 5 aromatic rings. The van der Waals surface area contributed by atoms with Gasteiger partial charge < -0.3 is 15.7 Å². The first-order valence-electron chi connectivity index (χ1n) is 12.5. The van der Waals surface area contributed by atoms with Crippen molar-refractivity contribution in [3.8, 4) is 17.1 Å². The summed E-state index contributed by atoms with van der Waals surface area (Å²) in [5, 5.41) is 17.3. The summed E-state index contributed by atoms with van der Waals surface area (Å²) >= 11 is 0. The van der Waals surface area contributed by atoms with Gasteiger partial charge in [0.1, 0.15) is 11.4 Å². The summed E-state index contributed by atoms with van der Waals surface area (Å²) in [5.41, 5.74) is 5.09. The monoisotopic (exact) mass is 512 g/mol. The van der Waals surface area contributed by atoms with Gasteiger partial charge in [0.2, 0.25) is 5.78 Å². The summed E-state index contributed by atoms with van der Waals surface area (Å²) in [7, 11) is 0. The third-order valence-corrected chi connectivity index (χ3v) is 6.71. The second-order valence-electron chi connectivity index (χ2n) is 9.49. The Morgan fingerprint density at radius 3 is 1.97 bits per heavy atom. The molecule has 190 valence electrons. The summed E-state index contributed by atoms with van der Waals surface area (Å²) in [6.07, 6.45) is 1.61. The molecule has 7 heteroatoms. The Bertz CT molecular complexity index is 1750. The average molecular weight is 513 g/mol. The molecule has 1 aliphatic carbocycles. The lowest BCUT2D eigenvalue weighted by atomic mass is 9.81. The van der Waals surface area contributed by atoms with Gasteiger partial charge in [-0.3, -0.25) is 14.6 Å². The molecule has 0 unspecified atom stereocenters. The Labute approximate surface area is 225 Å². The van der Waals surface area contributed by atoms with Crippen molar-refractivity contribution >= 4 is 34.4 Å². The van der Waals surface area contributed by atoms with Crippen LogP contribution in [0.4, 0.5) is 22.9 Å². The molecule has 2 aromatic heterocycles. The van der Waals surface area contributed by atoms with Gasteiger partial charge in [-0.1, -0.05) is 53.6 Å². The van der Waals surface area contributed by atoms with Crippen LogP contribution in [0.15, 0.2) is 91.1 Å². The van der Waals surface area contributed by atoms with Crippen LogP contribution in [0.3, 0.4) is 0 Å². The summed E-state index contributed by atoms with van der Waals surface area (Å²) in [4.78, 5) is 37.4. The first kappa shape index (κ1) is 24.1. The minimum Gasteiger partial charge on any atom is -0.507 e. The highest BCUT2D eigenvalue weighted by molar-refractivity contribution is 6.33. The predicted octanol–water partition coefficient (Wildman–Crippen LogP) is 6.73. The van der Waals surface area contributed by atoms with Crippen molar-refractivity contribution in [3.05, 3.63) is 125 Å². The van der Waals surface area contributed by atoms with Gasteiger partial charge in [0.25, 0.3) is 0 Å². The molecule has 0 fully saturated rings. The van der Waals surface area contributed by atoms with Crippen LogP contribution < -0.4 is 10.6 Å². The Balaban J connectivity index is 1.66. The van der Waals surface area contributed by atoms with E-state index in [0.29, 0.717) is 17.2 Å². The number of phenolic OH excluding ortho intramolecular Hbond substituents is 1. The number of carbonyl (C=O) groups is 2. The van der Waals surface area contributed by atoms with E-state index in [-0.39, 0.29) is 33.7 Å². The first-order chi connectivity index (χ1) is 18.9. The van der Waals surface area contributed by atoms with Gasteiger partial charge >= 0.3 is 0 Å². The molecule has 3 aromatic carbocycles. The van der Waals surface area contributed by atoms with E-state index in [1.807, 2.05) is 62.4 Å². The van der Waals surface area contributed by atoms with E-state index in [1.165, 1.54) is 6.07 Å². The van der Waals surface area contributed by atoms with E-state index in [2.05, 4.69) is 15.6 Å². The molecule has 0 saturated heterocycles. The number of hydrogen-bond donors (Lipinski definition) is 3. The maximum atomic E-state index is 14.1. The van der Waals surface area contributed by atoms with Gasteiger partial charge in [0.15, 0.2) is 11.6 Å². The van der Waals surface area contributed by atoms with E-state index in [9.17, 15) is 14.7 Å². The maximum absolute atomic E-state index is 14.1. The Hall–Kier alpha value is -5.30. The number of benzene rings is 3. The van der Waals surface area contributed by atoms with Crippen LogP contribution in [0.5, 0.6) is 5.75 Å². The second-order valence-corrected chi connectivity index (χ2v) is 9.49. The predicted molar refractivity (Wildman–Crippen MR) is 151 cm³/mol. The zero-order chi connectivity index (χ0) is 27.1. The summed E-state index contributed by atoms with van der Waals surface area (Å²) < 4.78 is 0. The Morgan fingerprint density at radius 1 is 0.667 bits per heavy atom. The van der Waals surface area contributed by atoms with Crippen molar-refractivity contribution in [2.75, 3.05) is 10.6 Å². The van der Waals surface area contributed by atoms with Crippen LogP contribution in [0, 0.1) is 13.8 Å². The number of phenols is 1. The molecule has 0 bridgehead atoms. The minimum atomic E-state index is -0.486. The van der Waals surface area contributed by atoms with Crippen molar-refractivity contribution in [3.63, 3.8) is 0 Å². The molecule has 39 heavy (non-hydrogen) atoms. The number of fused-ring (bicyclic) bond motifs is 2. The number of nitrogens with one attached hydrogen (secondary N) is 2. The van der Waals surface area contributed by atoms with Crippen molar-refractivity contribution in [2.24, 2.45) is 0 Å². The molecular weight excluding hydrogens is 488 g/mol. The Kier molecular flexibility index (Phi) is 5.88. The number of rotatable bonds is 5. The number of aromatic nitrogens is 2. The van der Waals surface area contributed by atoms with E-state index in [4.69, 9.17) is 4.98 Å². The second kappa shape index (κ2) is 9.54. The highest BCUT2D eigenvalue weighted by Gasteiger charge is 2.38. The number of ketones is 2. The third-order valence-electron chi connectivity index (χ3n) is 6.71. The fourth-order valence-electron chi connectivity index (χ4n) is 4.72. The molecule has 0 aliphatic heterocycles. The number of carbonyl (C=O) groups excluding carboxylic acids is 2. The van der Waals surface area contributed by atoms with Crippen LogP contribution in [0.1, 0.15) is 43.0 Å². The van der Waals surface area contributed by atoms with Crippen LogP contribution in [-0.2, 0) is 0 Å². The standard InChI is InChI=1S/C32H24N4O3/c1-18-9-13-20(14-10-18)34-29-27-26(31(39)25-22(30(27)38)6-5-8-24(25)37)28(23-7-3-4-17-33-23)36-32(29)35-21-15-11-19(2)12-16-21/h3-17,34,37H,1-2H3,(H,35,36). The molecule has 0 spiro atoms. The molecule has 0 saturated carbocycles. The summed E-state index contributed by atoms with van der Waals surface area (Å²) in [6.45, 7) is 3.99. The van der Waals surface area contributed by atoms with Crippen LogP contribution in [-0.4, -0.2) is 26.6 Å². The molecule has 7 nitrogen and oxygen atoms in total. The lowest BCUT2D eigenvalue weighted by Crippen LogP contribution is -2.25. The number of hydrogen-bond acceptors (Lipinski definition) is 7. The van der Waals surface area contributed by atoms with Crippen molar-refractivity contribution in [1.82, 2.24) is 9.97 Å². The SMILES string of the molecule is Cc1ccc(Nc2nc(-c3ccccn3)c3c(c2Nc2ccc(C)cc2)C(=O)c2cccc(O)c2C3=O)cc1.